The Kier molecular flexibility index (Phi) is 5.61. The Bertz CT molecular complexity index is 1200. The molecule has 3 aromatic rings. The molecule has 0 spiro atoms. The molecule has 166 valence electrons. The van der Waals surface area contributed by atoms with Crippen LogP contribution in [-0.4, -0.2) is 53.4 Å². The summed E-state index contributed by atoms with van der Waals surface area (Å²) in [6.45, 7) is 2.15. The Hall–Kier alpha value is -3.81. The van der Waals surface area contributed by atoms with E-state index in [1.54, 1.807) is 21.1 Å². The molecule has 2 heterocycles. The Morgan fingerprint density at radius 1 is 1.09 bits per heavy atom. The van der Waals surface area contributed by atoms with Gasteiger partial charge in [0, 0.05) is 24.5 Å². The summed E-state index contributed by atoms with van der Waals surface area (Å²) in [4.78, 5) is 39.8. The number of methoxy groups -OCH3 is 1. The van der Waals surface area contributed by atoms with Gasteiger partial charge in [-0.3, -0.25) is 14.4 Å². The lowest BCUT2D eigenvalue weighted by atomic mass is 9.95. The second-order valence-electron chi connectivity index (χ2n) is 8.12. The van der Waals surface area contributed by atoms with E-state index in [-0.39, 0.29) is 24.3 Å². The van der Waals surface area contributed by atoms with Crippen molar-refractivity contribution in [3.63, 3.8) is 0 Å². The fourth-order valence-electron chi connectivity index (χ4n) is 3.99. The summed E-state index contributed by atoms with van der Waals surface area (Å²) in [5, 5.41) is 6.42. The third-order valence-electron chi connectivity index (χ3n) is 6.06. The summed E-state index contributed by atoms with van der Waals surface area (Å²) < 4.78 is 7.05. The van der Waals surface area contributed by atoms with Crippen LogP contribution in [0.5, 0.6) is 5.75 Å². The molecule has 1 aliphatic heterocycles. The van der Waals surface area contributed by atoms with E-state index in [1.807, 2.05) is 59.2 Å². The van der Waals surface area contributed by atoms with Gasteiger partial charge in [0.2, 0.25) is 11.8 Å². The molecular formula is C24H26N4O4. The van der Waals surface area contributed by atoms with Crippen LogP contribution in [0.2, 0.25) is 0 Å². The predicted molar refractivity (Wildman–Crippen MR) is 120 cm³/mol. The van der Waals surface area contributed by atoms with E-state index in [0.29, 0.717) is 24.5 Å². The fourth-order valence-corrected chi connectivity index (χ4v) is 3.99. The Morgan fingerprint density at radius 3 is 2.66 bits per heavy atom. The van der Waals surface area contributed by atoms with Crippen LogP contribution in [0.25, 0.3) is 10.9 Å². The Balaban J connectivity index is 1.42. The predicted octanol–water partition coefficient (Wildman–Crippen LogP) is 1.93. The van der Waals surface area contributed by atoms with Gasteiger partial charge >= 0.3 is 0 Å². The fraction of sp³-hybridized carbons (Fsp3) is 0.292. The van der Waals surface area contributed by atoms with Crippen LogP contribution >= 0.6 is 0 Å². The van der Waals surface area contributed by atoms with E-state index in [0.717, 1.165) is 16.5 Å². The quantitative estimate of drug-likeness (QED) is 0.620. The Morgan fingerprint density at radius 2 is 1.88 bits per heavy atom. The average molecular weight is 434 g/mol. The van der Waals surface area contributed by atoms with Crippen LogP contribution in [0.15, 0.2) is 54.6 Å². The molecule has 0 saturated heterocycles. The first-order chi connectivity index (χ1) is 15.3. The molecule has 8 heteroatoms. The molecule has 1 unspecified atom stereocenters. The molecule has 0 saturated carbocycles. The third kappa shape index (κ3) is 3.79. The summed E-state index contributed by atoms with van der Waals surface area (Å²) in [5.41, 5.74) is 1.22. The van der Waals surface area contributed by atoms with Gasteiger partial charge in [0.1, 0.15) is 17.0 Å². The van der Waals surface area contributed by atoms with Crippen LogP contribution in [-0.2, 0) is 22.7 Å². The average Bonchev–Trinajstić information content (AvgIpc) is 3.18. The molecule has 8 nitrogen and oxygen atoms in total. The zero-order valence-electron chi connectivity index (χ0n) is 18.3. The molecule has 1 atom stereocenters. The third-order valence-corrected chi connectivity index (χ3v) is 6.06. The van der Waals surface area contributed by atoms with Crippen molar-refractivity contribution in [2.24, 2.45) is 0 Å². The highest BCUT2D eigenvalue weighted by Gasteiger charge is 2.45. The van der Waals surface area contributed by atoms with Crippen molar-refractivity contribution in [3.05, 3.63) is 65.9 Å². The second-order valence-corrected chi connectivity index (χ2v) is 8.12. The summed E-state index contributed by atoms with van der Waals surface area (Å²) in [6.07, 6.45) is 0. The molecule has 0 aliphatic carbocycles. The van der Waals surface area contributed by atoms with Gasteiger partial charge in [-0.1, -0.05) is 30.3 Å². The molecule has 2 N–H and O–H groups in total. The monoisotopic (exact) mass is 434 g/mol. The van der Waals surface area contributed by atoms with E-state index < -0.39 is 5.54 Å². The van der Waals surface area contributed by atoms with Gasteiger partial charge in [0.15, 0.2) is 0 Å². The summed E-state index contributed by atoms with van der Waals surface area (Å²) in [6, 6.07) is 16.9. The lowest BCUT2D eigenvalue weighted by Gasteiger charge is -2.41. The second kappa shape index (κ2) is 8.37. The minimum absolute atomic E-state index is 0.181. The maximum atomic E-state index is 13.1. The van der Waals surface area contributed by atoms with Crippen LogP contribution in [0.4, 0.5) is 0 Å². The van der Waals surface area contributed by atoms with E-state index in [2.05, 4.69) is 10.6 Å². The van der Waals surface area contributed by atoms with Gasteiger partial charge in [-0.2, -0.15) is 0 Å². The largest absolute Gasteiger partial charge is 0.497 e. The first kappa shape index (κ1) is 21.4. The number of fused-ring (bicyclic) bond motifs is 3. The van der Waals surface area contributed by atoms with Gasteiger partial charge in [-0.05, 0) is 36.8 Å². The lowest BCUT2D eigenvalue weighted by Crippen LogP contribution is -2.63. The maximum Gasteiger partial charge on any atom is 0.271 e. The highest BCUT2D eigenvalue weighted by Crippen LogP contribution is 2.31. The van der Waals surface area contributed by atoms with Gasteiger partial charge in [0.25, 0.3) is 5.91 Å². The number of para-hydroxylation sites is 1. The summed E-state index contributed by atoms with van der Waals surface area (Å²) in [5.74, 6) is -0.220. The minimum atomic E-state index is -1.13. The first-order valence-electron chi connectivity index (χ1n) is 10.4. The van der Waals surface area contributed by atoms with Crippen LogP contribution in [0.1, 0.15) is 23.0 Å². The van der Waals surface area contributed by atoms with Gasteiger partial charge in [-0.25, -0.2) is 0 Å². The SMILES string of the molecule is COc1cccc(CNC(=O)CNC(=O)C2(C)Cn3c(cc4ccccc43)C(=O)N2C)c1. The zero-order chi connectivity index (χ0) is 22.9. The standard InChI is InChI=1S/C24H26N4O4/c1-24(15-28-19-10-5-4-8-17(19)12-20(28)22(30)27(24)2)23(31)26-14-21(29)25-13-16-7-6-9-18(11-16)32-3/h4-12H,13-15H2,1-3H3,(H,25,29)(H,26,31). The molecule has 1 aromatic heterocycles. The van der Waals surface area contributed by atoms with Crippen LogP contribution in [0, 0.1) is 0 Å². The number of amides is 3. The minimum Gasteiger partial charge on any atom is -0.497 e. The maximum absolute atomic E-state index is 13.1. The van der Waals surface area contributed by atoms with Gasteiger partial charge in [-0.15, -0.1) is 0 Å². The van der Waals surface area contributed by atoms with Crippen molar-refractivity contribution in [2.75, 3.05) is 20.7 Å². The number of rotatable bonds is 6. The van der Waals surface area contributed by atoms with E-state index in [4.69, 9.17) is 4.74 Å². The topological polar surface area (TPSA) is 92.7 Å². The number of ether oxygens (including phenoxy) is 1. The van der Waals surface area contributed by atoms with Crippen LogP contribution < -0.4 is 15.4 Å². The number of benzene rings is 2. The molecule has 3 amide bonds. The highest BCUT2D eigenvalue weighted by molar-refractivity contribution is 6.03. The smallest absolute Gasteiger partial charge is 0.271 e. The number of hydrogen-bond acceptors (Lipinski definition) is 4. The molecule has 0 radical (unpaired) electrons. The van der Waals surface area contributed by atoms with Gasteiger partial charge in [0.05, 0.1) is 20.2 Å². The Labute approximate surface area is 186 Å². The summed E-state index contributed by atoms with van der Waals surface area (Å²) >= 11 is 0. The highest BCUT2D eigenvalue weighted by atomic mass is 16.5. The number of nitrogens with zero attached hydrogens (tertiary/aromatic N) is 2. The molecule has 0 fully saturated rings. The van der Waals surface area contributed by atoms with Crippen molar-refractivity contribution in [1.82, 2.24) is 20.1 Å². The molecule has 0 bridgehead atoms. The lowest BCUT2D eigenvalue weighted by molar-refractivity contribution is -0.134. The van der Waals surface area contributed by atoms with Crippen molar-refractivity contribution < 1.29 is 19.1 Å². The first-order valence-corrected chi connectivity index (χ1v) is 10.4. The molecule has 32 heavy (non-hydrogen) atoms. The van der Waals surface area contributed by atoms with Crippen molar-refractivity contribution in [1.29, 1.82) is 0 Å². The summed E-state index contributed by atoms with van der Waals surface area (Å²) in [7, 11) is 3.20. The van der Waals surface area contributed by atoms with Gasteiger partial charge < -0.3 is 24.8 Å². The van der Waals surface area contributed by atoms with Crippen molar-refractivity contribution in [2.45, 2.75) is 25.6 Å². The van der Waals surface area contributed by atoms with E-state index in [1.165, 1.54) is 4.90 Å². The van der Waals surface area contributed by atoms with Crippen LogP contribution in [0.3, 0.4) is 0 Å². The number of likely N-dealkylation sites (N-methyl/N-ethyl adjacent to an activating group) is 1. The van der Waals surface area contributed by atoms with Crippen molar-refractivity contribution in [3.8, 4) is 5.75 Å². The van der Waals surface area contributed by atoms with E-state index >= 15 is 0 Å². The van der Waals surface area contributed by atoms with Crippen molar-refractivity contribution >= 4 is 28.6 Å². The number of carbonyl (C=O) groups excluding carboxylic acids is 3. The molecular weight excluding hydrogens is 408 g/mol. The number of aromatic nitrogens is 1. The normalized spacial score (nSPS) is 17.7. The number of carbonyl (C=O) groups is 3. The number of nitrogens with one attached hydrogen (secondary N) is 2. The number of hydrogen-bond donors (Lipinski definition) is 2. The molecule has 1 aliphatic rings. The molecule has 2 aromatic carbocycles. The van der Waals surface area contributed by atoms with E-state index in [9.17, 15) is 14.4 Å². The molecule has 4 rings (SSSR count). The zero-order valence-corrected chi connectivity index (χ0v) is 18.3.